The molecule has 0 saturated carbocycles. The molecule has 0 aliphatic heterocycles. The van der Waals surface area contributed by atoms with Crippen molar-refractivity contribution in [2.24, 2.45) is 5.92 Å². The van der Waals surface area contributed by atoms with Crippen molar-refractivity contribution in [3.05, 3.63) is 102 Å². The minimum atomic E-state index is -0.783. The molecule has 0 fully saturated rings. The van der Waals surface area contributed by atoms with Crippen LogP contribution in [0.2, 0.25) is 0 Å². The summed E-state index contributed by atoms with van der Waals surface area (Å²) in [7, 11) is 3.10. The van der Waals surface area contributed by atoms with Gasteiger partial charge in [0.05, 0.1) is 44.8 Å². The van der Waals surface area contributed by atoms with Crippen LogP contribution in [0.1, 0.15) is 35.5 Å². The van der Waals surface area contributed by atoms with Gasteiger partial charge >= 0.3 is 0 Å². The van der Waals surface area contributed by atoms with Gasteiger partial charge in [0.2, 0.25) is 0 Å². The fraction of sp³-hybridized carbons (Fsp3) is 0.273. The molecule has 44 heavy (non-hydrogen) atoms. The molecular formula is C33H34FN5O5. The van der Waals surface area contributed by atoms with Crippen LogP contribution in [0.15, 0.2) is 84.9 Å². The SMILES string of the molecule is CCOc1cnn(Cc2cnccc2C)c1C(=O)NC1=C/C(C)/C=C\C(Oc2ccnc3cc(OC)c(OC)cc23)/C=C\1F. The first kappa shape index (κ1) is 30.3. The highest BCUT2D eigenvalue weighted by molar-refractivity contribution is 5.96. The number of nitrogens with zero attached hydrogens (tertiary/aromatic N) is 4. The van der Waals surface area contributed by atoms with E-state index in [2.05, 4.69) is 20.4 Å². The Balaban J connectivity index is 1.42. The standard InChI is InChI=1S/C33H34FN5O5/c1-6-43-31-18-37-39(19-22-17-35-11-9-21(22)3)32(31)33(40)38-27-13-20(2)7-8-23(14-25(27)34)44-28-10-12-36-26-16-30(42-5)29(41-4)15-24(26)28/h7-18,20,23H,6,19H2,1-5H3,(H,38,40)/b8-7-,25-14+,27-13+. The second kappa shape index (κ2) is 13.4. The third-order valence-electron chi connectivity index (χ3n) is 7.11. The molecule has 0 spiro atoms. The highest BCUT2D eigenvalue weighted by Crippen LogP contribution is 2.36. The highest BCUT2D eigenvalue weighted by Gasteiger charge is 2.24. The first-order chi connectivity index (χ1) is 21.3. The number of amides is 1. The Bertz CT molecular complexity index is 1760. The minimum absolute atomic E-state index is 0.0131. The van der Waals surface area contributed by atoms with E-state index in [9.17, 15) is 4.79 Å². The Morgan fingerprint density at radius 2 is 1.82 bits per heavy atom. The van der Waals surface area contributed by atoms with Crippen LogP contribution < -0.4 is 24.3 Å². The summed E-state index contributed by atoms with van der Waals surface area (Å²) in [5.41, 5.74) is 2.71. The van der Waals surface area contributed by atoms with E-state index in [1.165, 1.54) is 17.0 Å². The van der Waals surface area contributed by atoms with Crippen LogP contribution in [0.4, 0.5) is 4.39 Å². The van der Waals surface area contributed by atoms with Crippen molar-refractivity contribution in [3.8, 4) is 23.0 Å². The maximum Gasteiger partial charge on any atom is 0.277 e. The molecule has 1 aliphatic rings. The van der Waals surface area contributed by atoms with E-state index in [1.807, 2.05) is 32.9 Å². The van der Waals surface area contributed by atoms with E-state index >= 15 is 4.39 Å². The van der Waals surface area contributed by atoms with Crippen molar-refractivity contribution < 1.29 is 28.1 Å². The molecule has 228 valence electrons. The average molecular weight is 600 g/mol. The molecule has 1 aliphatic carbocycles. The average Bonchev–Trinajstić information content (AvgIpc) is 3.41. The van der Waals surface area contributed by atoms with Gasteiger partial charge in [0.1, 0.15) is 17.7 Å². The Kier molecular flexibility index (Phi) is 9.23. The molecule has 0 saturated heterocycles. The minimum Gasteiger partial charge on any atom is -0.493 e. The van der Waals surface area contributed by atoms with E-state index in [-0.39, 0.29) is 17.3 Å². The molecule has 0 bridgehead atoms. The van der Waals surface area contributed by atoms with Crippen LogP contribution in [-0.4, -0.2) is 52.6 Å². The van der Waals surface area contributed by atoms with Gasteiger partial charge < -0.3 is 24.3 Å². The molecule has 11 heteroatoms. The summed E-state index contributed by atoms with van der Waals surface area (Å²) < 4.78 is 40.2. The third-order valence-corrected chi connectivity index (χ3v) is 7.11. The number of carbonyl (C=O) groups excluding carboxylic acids is 1. The number of nitrogens with one attached hydrogen (secondary N) is 1. The summed E-state index contributed by atoms with van der Waals surface area (Å²) in [5.74, 6) is 0.399. The molecule has 1 aromatic carbocycles. The topological polar surface area (TPSA) is 110 Å². The molecular weight excluding hydrogens is 565 g/mol. The summed E-state index contributed by atoms with van der Waals surface area (Å²) in [5, 5.41) is 7.80. The first-order valence-corrected chi connectivity index (χ1v) is 14.2. The molecule has 2 unspecified atom stereocenters. The van der Waals surface area contributed by atoms with Gasteiger partial charge in [-0.2, -0.15) is 5.10 Å². The summed E-state index contributed by atoms with van der Waals surface area (Å²) in [6, 6.07) is 7.11. The number of aromatic nitrogens is 4. The van der Waals surface area contributed by atoms with Gasteiger partial charge in [0.25, 0.3) is 5.91 Å². The number of aryl methyl sites for hydroxylation is 1. The molecule has 2 atom stereocenters. The number of hydrogen-bond donors (Lipinski definition) is 1. The Morgan fingerprint density at radius 1 is 1.02 bits per heavy atom. The summed E-state index contributed by atoms with van der Waals surface area (Å²) in [6.45, 7) is 6.28. The molecule has 3 aromatic heterocycles. The van der Waals surface area contributed by atoms with Gasteiger partial charge in [0, 0.05) is 30.0 Å². The van der Waals surface area contributed by atoms with E-state index in [4.69, 9.17) is 18.9 Å². The number of pyridine rings is 2. The van der Waals surface area contributed by atoms with Crippen molar-refractivity contribution in [2.45, 2.75) is 33.4 Å². The van der Waals surface area contributed by atoms with E-state index in [1.54, 1.807) is 63.2 Å². The maximum absolute atomic E-state index is 15.9. The van der Waals surface area contributed by atoms with Crippen molar-refractivity contribution in [1.29, 1.82) is 0 Å². The summed E-state index contributed by atoms with van der Waals surface area (Å²) in [6.07, 6.45) is 12.3. The second-order valence-corrected chi connectivity index (χ2v) is 10.2. The Labute approximate surface area is 254 Å². The highest BCUT2D eigenvalue weighted by atomic mass is 19.1. The normalized spacial score (nSPS) is 19.5. The van der Waals surface area contributed by atoms with E-state index < -0.39 is 17.8 Å². The maximum atomic E-state index is 15.9. The monoisotopic (exact) mass is 599 g/mol. The van der Waals surface area contributed by atoms with Crippen LogP contribution in [0, 0.1) is 12.8 Å². The fourth-order valence-corrected chi connectivity index (χ4v) is 4.83. The number of allylic oxidation sites excluding steroid dienone is 3. The number of benzene rings is 1. The Morgan fingerprint density at radius 3 is 2.57 bits per heavy atom. The van der Waals surface area contributed by atoms with Crippen molar-refractivity contribution >= 4 is 16.8 Å². The lowest BCUT2D eigenvalue weighted by Crippen LogP contribution is -2.28. The molecule has 0 radical (unpaired) electrons. The van der Waals surface area contributed by atoms with Crippen LogP contribution in [0.3, 0.4) is 0 Å². The number of methoxy groups -OCH3 is 2. The summed E-state index contributed by atoms with van der Waals surface area (Å²) in [4.78, 5) is 22.3. The largest absolute Gasteiger partial charge is 0.493 e. The molecule has 3 heterocycles. The van der Waals surface area contributed by atoms with Crippen LogP contribution in [0.5, 0.6) is 23.0 Å². The summed E-state index contributed by atoms with van der Waals surface area (Å²) >= 11 is 0. The lowest BCUT2D eigenvalue weighted by Gasteiger charge is -2.19. The lowest BCUT2D eigenvalue weighted by molar-refractivity contribution is 0.0950. The Hall–Kier alpha value is -5.19. The van der Waals surface area contributed by atoms with Gasteiger partial charge in [-0.05, 0) is 61.2 Å². The molecule has 1 N–H and O–H groups in total. The smallest absolute Gasteiger partial charge is 0.277 e. The molecule has 10 nitrogen and oxygen atoms in total. The number of ether oxygens (including phenoxy) is 4. The predicted molar refractivity (Wildman–Crippen MR) is 164 cm³/mol. The number of fused-ring (bicyclic) bond motifs is 1. The van der Waals surface area contributed by atoms with Crippen LogP contribution in [0.25, 0.3) is 10.9 Å². The van der Waals surface area contributed by atoms with Crippen molar-refractivity contribution in [2.75, 3.05) is 20.8 Å². The predicted octanol–water partition coefficient (Wildman–Crippen LogP) is 5.72. The molecule has 4 aromatic rings. The van der Waals surface area contributed by atoms with Gasteiger partial charge in [-0.15, -0.1) is 0 Å². The van der Waals surface area contributed by atoms with Crippen molar-refractivity contribution in [3.63, 3.8) is 0 Å². The van der Waals surface area contributed by atoms with E-state index in [0.717, 1.165) is 11.1 Å². The number of rotatable bonds is 10. The zero-order valence-corrected chi connectivity index (χ0v) is 25.2. The number of halogens is 1. The zero-order valence-electron chi connectivity index (χ0n) is 25.2. The first-order valence-electron chi connectivity index (χ1n) is 14.2. The van der Waals surface area contributed by atoms with Gasteiger partial charge in [0.15, 0.2) is 22.9 Å². The number of hydrogen-bond acceptors (Lipinski definition) is 8. The quantitative estimate of drug-likeness (QED) is 0.231. The lowest BCUT2D eigenvalue weighted by atomic mass is 10.0. The second-order valence-electron chi connectivity index (χ2n) is 10.2. The third kappa shape index (κ3) is 6.56. The van der Waals surface area contributed by atoms with Crippen LogP contribution >= 0.6 is 0 Å². The van der Waals surface area contributed by atoms with Crippen LogP contribution in [-0.2, 0) is 6.54 Å². The molecule has 5 rings (SSSR count). The van der Waals surface area contributed by atoms with Gasteiger partial charge in [-0.3, -0.25) is 19.4 Å². The fourth-order valence-electron chi connectivity index (χ4n) is 4.83. The van der Waals surface area contributed by atoms with Gasteiger partial charge in [-0.25, -0.2) is 4.39 Å². The van der Waals surface area contributed by atoms with E-state index in [0.29, 0.717) is 47.1 Å². The zero-order chi connectivity index (χ0) is 31.2. The number of carbonyl (C=O) groups is 1. The van der Waals surface area contributed by atoms with Gasteiger partial charge in [-0.1, -0.05) is 19.1 Å². The molecule has 1 amide bonds. The van der Waals surface area contributed by atoms with Crippen molar-refractivity contribution in [1.82, 2.24) is 25.1 Å².